The lowest BCUT2D eigenvalue weighted by molar-refractivity contribution is 0.0942. The summed E-state index contributed by atoms with van der Waals surface area (Å²) in [5.41, 5.74) is 0.559. The van der Waals surface area contributed by atoms with Crippen LogP contribution in [0.5, 0.6) is 5.75 Å². The summed E-state index contributed by atoms with van der Waals surface area (Å²) in [6.07, 6.45) is 2.13. The number of rotatable bonds is 7. The van der Waals surface area contributed by atoms with Gasteiger partial charge in [0.05, 0.1) is 19.3 Å². The Morgan fingerprint density at radius 3 is 2.58 bits per heavy atom. The lowest BCUT2D eigenvalue weighted by atomic mass is 10.2. The highest BCUT2D eigenvalue weighted by Crippen LogP contribution is 2.27. The molecule has 1 aliphatic rings. The van der Waals surface area contributed by atoms with Crippen LogP contribution in [0.4, 0.5) is 0 Å². The third-order valence-corrected chi connectivity index (χ3v) is 5.28. The van der Waals surface area contributed by atoms with Crippen molar-refractivity contribution in [1.82, 2.24) is 19.7 Å². The summed E-state index contributed by atoms with van der Waals surface area (Å²) >= 11 is 0. The number of methoxy groups -OCH3 is 1. The van der Waals surface area contributed by atoms with Crippen molar-refractivity contribution in [3.63, 3.8) is 0 Å². The van der Waals surface area contributed by atoms with E-state index in [2.05, 4.69) is 10.4 Å². The zero-order valence-corrected chi connectivity index (χ0v) is 17.5. The molecular weight excluding hydrogens is 396 g/mol. The van der Waals surface area contributed by atoms with Gasteiger partial charge in [-0.2, -0.15) is 9.78 Å². The molecule has 1 amide bonds. The Bertz CT molecular complexity index is 1220. The van der Waals surface area contributed by atoms with Crippen LogP contribution in [0.15, 0.2) is 58.1 Å². The minimum absolute atomic E-state index is 0.00778. The molecule has 2 aromatic carbocycles. The van der Waals surface area contributed by atoms with Crippen LogP contribution in [0.25, 0.3) is 5.69 Å². The van der Waals surface area contributed by atoms with E-state index in [0.29, 0.717) is 29.5 Å². The molecule has 3 aromatic rings. The molecule has 8 heteroatoms. The summed E-state index contributed by atoms with van der Waals surface area (Å²) in [5, 5.41) is 6.91. The molecule has 160 valence electrons. The van der Waals surface area contributed by atoms with Gasteiger partial charge in [-0.3, -0.25) is 14.2 Å². The smallest absolute Gasteiger partial charge is 0.352 e. The van der Waals surface area contributed by atoms with Crippen LogP contribution < -0.4 is 21.3 Å². The number of aryl methyl sites for hydroxylation is 1. The van der Waals surface area contributed by atoms with Crippen LogP contribution in [-0.4, -0.2) is 33.9 Å². The first kappa shape index (κ1) is 20.6. The van der Waals surface area contributed by atoms with E-state index in [9.17, 15) is 14.4 Å². The summed E-state index contributed by atoms with van der Waals surface area (Å²) in [6, 6.07) is 14.2. The van der Waals surface area contributed by atoms with E-state index in [0.717, 1.165) is 27.7 Å². The molecule has 1 aliphatic carbocycles. The maximum Gasteiger partial charge on any atom is 0.352 e. The van der Waals surface area contributed by atoms with Gasteiger partial charge in [0, 0.05) is 6.54 Å². The fourth-order valence-electron chi connectivity index (χ4n) is 3.25. The fraction of sp³-hybridized carbons (Fsp3) is 0.304. The predicted molar refractivity (Wildman–Crippen MR) is 116 cm³/mol. The first-order valence-corrected chi connectivity index (χ1v) is 10.2. The number of nitrogens with one attached hydrogen (secondary N) is 1. The third-order valence-electron chi connectivity index (χ3n) is 5.28. The van der Waals surface area contributed by atoms with E-state index in [-0.39, 0.29) is 12.2 Å². The van der Waals surface area contributed by atoms with Gasteiger partial charge in [0.1, 0.15) is 5.75 Å². The van der Waals surface area contributed by atoms with Gasteiger partial charge in [0.25, 0.3) is 11.5 Å². The number of carbonyl (C=O) groups excluding carboxylic acids is 1. The molecule has 0 saturated heterocycles. The van der Waals surface area contributed by atoms with Gasteiger partial charge >= 0.3 is 5.69 Å². The molecule has 0 aliphatic heterocycles. The van der Waals surface area contributed by atoms with Crippen molar-refractivity contribution < 1.29 is 9.53 Å². The first-order valence-electron chi connectivity index (χ1n) is 10.2. The van der Waals surface area contributed by atoms with Crippen LogP contribution in [0, 0.1) is 12.8 Å². The SMILES string of the molecule is COc1cccc(Cn2c(=O)c(C(=O)NCC3CC3)nn(-c3ccc(C)cc3)c2=O)c1. The van der Waals surface area contributed by atoms with Crippen LogP contribution in [-0.2, 0) is 6.54 Å². The first-order chi connectivity index (χ1) is 15.0. The van der Waals surface area contributed by atoms with Gasteiger partial charge in [0.15, 0.2) is 0 Å². The Morgan fingerprint density at radius 2 is 1.90 bits per heavy atom. The van der Waals surface area contributed by atoms with E-state index in [1.54, 1.807) is 43.5 Å². The number of nitrogens with zero attached hydrogens (tertiary/aromatic N) is 3. The van der Waals surface area contributed by atoms with Gasteiger partial charge in [-0.15, -0.1) is 0 Å². The summed E-state index contributed by atoms with van der Waals surface area (Å²) < 4.78 is 7.37. The van der Waals surface area contributed by atoms with Crippen molar-refractivity contribution in [2.24, 2.45) is 5.92 Å². The van der Waals surface area contributed by atoms with Crippen molar-refractivity contribution in [3.05, 3.63) is 86.2 Å². The van der Waals surface area contributed by atoms with Crippen LogP contribution >= 0.6 is 0 Å². The molecule has 1 heterocycles. The van der Waals surface area contributed by atoms with Gasteiger partial charge in [-0.1, -0.05) is 29.8 Å². The van der Waals surface area contributed by atoms with Crippen molar-refractivity contribution in [1.29, 1.82) is 0 Å². The van der Waals surface area contributed by atoms with E-state index < -0.39 is 17.2 Å². The number of aromatic nitrogens is 3. The van der Waals surface area contributed by atoms with Crippen molar-refractivity contribution in [3.8, 4) is 11.4 Å². The van der Waals surface area contributed by atoms with E-state index >= 15 is 0 Å². The van der Waals surface area contributed by atoms with Crippen molar-refractivity contribution >= 4 is 5.91 Å². The molecule has 4 rings (SSSR count). The Kier molecular flexibility index (Phi) is 5.70. The summed E-state index contributed by atoms with van der Waals surface area (Å²) in [4.78, 5) is 39.0. The standard InChI is InChI=1S/C23H24N4O4/c1-15-6-10-18(11-7-15)27-23(30)26(14-17-4-3-5-19(12-17)31-2)22(29)20(25-27)21(28)24-13-16-8-9-16/h3-7,10-12,16H,8-9,13-14H2,1-2H3,(H,24,28). The number of benzene rings is 2. The molecule has 0 radical (unpaired) electrons. The number of hydrogen-bond acceptors (Lipinski definition) is 5. The Hall–Kier alpha value is -3.68. The minimum Gasteiger partial charge on any atom is -0.497 e. The van der Waals surface area contributed by atoms with Crippen LogP contribution in [0.1, 0.15) is 34.5 Å². The highest BCUT2D eigenvalue weighted by Gasteiger charge is 2.25. The number of carbonyl (C=O) groups is 1. The molecule has 0 bridgehead atoms. The zero-order chi connectivity index (χ0) is 22.0. The number of amides is 1. The molecule has 0 unspecified atom stereocenters. The summed E-state index contributed by atoms with van der Waals surface area (Å²) in [5.74, 6) is 0.490. The maximum absolute atomic E-state index is 13.2. The average Bonchev–Trinajstić information content (AvgIpc) is 3.61. The van der Waals surface area contributed by atoms with Gasteiger partial charge < -0.3 is 10.1 Å². The summed E-state index contributed by atoms with van der Waals surface area (Å²) in [7, 11) is 1.55. The largest absolute Gasteiger partial charge is 0.497 e. The quantitative estimate of drug-likeness (QED) is 0.630. The second-order valence-electron chi connectivity index (χ2n) is 7.77. The van der Waals surface area contributed by atoms with Crippen molar-refractivity contribution in [2.75, 3.05) is 13.7 Å². The van der Waals surface area contributed by atoms with Gasteiger partial charge in [-0.05, 0) is 55.5 Å². The Morgan fingerprint density at radius 1 is 1.16 bits per heavy atom. The Labute approximate surface area is 179 Å². The fourth-order valence-corrected chi connectivity index (χ4v) is 3.25. The molecule has 1 N–H and O–H groups in total. The highest BCUT2D eigenvalue weighted by atomic mass is 16.5. The molecule has 1 saturated carbocycles. The normalized spacial score (nSPS) is 13.1. The van der Waals surface area contributed by atoms with Crippen LogP contribution in [0.2, 0.25) is 0 Å². The topological polar surface area (TPSA) is 95.2 Å². The number of hydrogen-bond donors (Lipinski definition) is 1. The summed E-state index contributed by atoms with van der Waals surface area (Å²) in [6.45, 7) is 2.42. The molecular formula is C23H24N4O4. The minimum atomic E-state index is -0.718. The maximum atomic E-state index is 13.2. The van der Waals surface area contributed by atoms with E-state index in [4.69, 9.17) is 4.74 Å². The molecule has 0 atom stereocenters. The Balaban J connectivity index is 1.80. The van der Waals surface area contributed by atoms with Crippen LogP contribution in [0.3, 0.4) is 0 Å². The average molecular weight is 420 g/mol. The lowest BCUT2D eigenvalue weighted by Crippen LogP contribution is -2.46. The van der Waals surface area contributed by atoms with Gasteiger partial charge in [0.2, 0.25) is 5.69 Å². The zero-order valence-electron chi connectivity index (χ0n) is 17.5. The second kappa shape index (κ2) is 8.59. The molecule has 0 spiro atoms. The molecule has 31 heavy (non-hydrogen) atoms. The third kappa shape index (κ3) is 4.58. The second-order valence-corrected chi connectivity index (χ2v) is 7.77. The highest BCUT2D eigenvalue weighted by molar-refractivity contribution is 5.91. The molecule has 1 fully saturated rings. The van der Waals surface area contributed by atoms with E-state index in [1.807, 2.05) is 19.1 Å². The lowest BCUT2D eigenvalue weighted by Gasteiger charge is -2.13. The molecule has 8 nitrogen and oxygen atoms in total. The van der Waals surface area contributed by atoms with Gasteiger partial charge in [-0.25, -0.2) is 4.79 Å². The predicted octanol–water partition coefficient (Wildman–Crippen LogP) is 1.90. The molecule has 1 aromatic heterocycles. The van der Waals surface area contributed by atoms with E-state index in [1.165, 1.54) is 0 Å². The monoisotopic (exact) mass is 420 g/mol. The van der Waals surface area contributed by atoms with Crippen molar-refractivity contribution in [2.45, 2.75) is 26.3 Å². The number of ether oxygens (including phenoxy) is 1.